The Morgan fingerprint density at radius 2 is 1.94 bits per heavy atom. The van der Waals surface area contributed by atoms with Crippen molar-refractivity contribution >= 4 is 12.1 Å². The Kier molecular flexibility index (Phi) is 5.95. The molecule has 0 aromatic rings. The predicted molar refractivity (Wildman–Crippen MR) is 67.4 cm³/mol. The number of carbonyl (C=O) groups is 2. The van der Waals surface area contributed by atoms with E-state index >= 15 is 0 Å². The second-order valence-electron chi connectivity index (χ2n) is 5.33. The number of ether oxygens (including phenoxy) is 1. The van der Waals surface area contributed by atoms with Crippen LogP contribution in [0.1, 0.15) is 39.5 Å². The van der Waals surface area contributed by atoms with Crippen molar-refractivity contribution in [1.82, 2.24) is 4.90 Å². The highest BCUT2D eigenvalue weighted by Crippen LogP contribution is 2.20. The summed E-state index contributed by atoms with van der Waals surface area (Å²) >= 11 is 0. The molecule has 5 heteroatoms. The molecular formula is C13H23NO4. The maximum Gasteiger partial charge on any atom is 0.409 e. The summed E-state index contributed by atoms with van der Waals surface area (Å²) in [5.74, 6) is -0.0331. The molecule has 5 nitrogen and oxygen atoms in total. The van der Waals surface area contributed by atoms with E-state index in [4.69, 9.17) is 9.84 Å². The summed E-state index contributed by atoms with van der Waals surface area (Å²) in [5.41, 5.74) is 0. The fraction of sp³-hybridized carbons (Fsp3) is 0.846. The van der Waals surface area contributed by atoms with Gasteiger partial charge in [0.1, 0.15) is 0 Å². The van der Waals surface area contributed by atoms with E-state index in [9.17, 15) is 9.59 Å². The van der Waals surface area contributed by atoms with E-state index in [1.54, 1.807) is 4.90 Å². The van der Waals surface area contributed by atoms with Crippen molar-refractivity contribution in [3.05, 3.63) is 0 Å². The van der Waals surface area contributed by atoms with Gasteiger partial charge >= 0.3 is 12.1 Å². The number of carboxylic acid groups (broad SMARTS) is 1. The van der Waals surface area contributed by atoms with Crippen LogP contribution in [0.15, 0.2) is 0 Å². The number of likely N-dealkylation sites (tertiary alicyclic amines) is 1. The minimum atomic E-state index is -0.757. The zero-order valence-corrected chi connectivity index (χ0v) is 11.2. The molecule has 0 atom stereocenters. The number of nitrogens with zero attached hydrogens (tertiary/aromatic N) is 1. The molecule has 1 amide bonds. The van der Waals surface area contributed by atoms with Gasteiger partial charge in [-0.3, -0.25) is 4.79 Å². The van der Waals surface area contributed by atoms with Crippen LogP contribution in [-0.2, 0) is 9.53 Å². The lowest BCUT2D eigenvalue weighted by Crippen LogP contribution is -2.39. The monoisotopic (exact) mass is 257 g/mol. The molecule has 104 valence electrons. The fourth-order valence-electron chi connectivity index (χ4n) is 2.04. The van der Waals surface area contributed by atoms with Gasteiger partial charge in [0.05, 0.1) is 6.61 Å². The van der Waals surface area contributed by atoms with Gasteiger partial charge in [-0.2, -0.15) is 0 Å². The van der Waals surface area contributed by atoms with Crippen molar-refractivity contribution in [3.63, 3.8) is 0 Å². The van der Waals surface area contributed by atoms with Gasteiger partial charge in [0, 0.05) is 19.5 Å². The SMILES string of the molecule is CC(C)CCOC(=O)N1CCC(CC(=O)O)CC1. The molecule has 0 radical (unpaired) electrons. The zero-order chi connectivity index (χ0) is 13.5. The van der Waals surface area contributed by atoms with Crippen LogP contribution in [0.5, 0.6) is 0 Å². The smallest absolute Gasteiger partial charge is 0.409 e. The molecular weight excluding hydrogens is 234 g/mol. The first-order chi connectivity index (χ1) is 8.49. The van der Waals surface area contributed by atoms with Crippen LogP contribution in [0.25, 0.3) is 0 Å². The standard InChI is InChI=1S/C13H23NO4/c1-10(2)5-8-18-13(17)14-6-3-11(4-7-14)9-12(15)16/h10-11H,3-9H2,1-2H3,(H,15,16). The summed E-state index contributed by atoms with van der Waals surface area (Å²) in [4.78, 5) is 24.0. The lowest BCUT2D eigenvalue weighted by atomic mass is 9.94. The Hall–Kier alpha value is -1.26. The van der Waals surface area contributed by atoms with Crippen molar-refractivity contribution < 1.29 is 19.4 Å². The van der Waals surface area contributed by atoms with Crippen LogP contribution in [0.4, 0.5) is 4.79 Å². The molecule has 1 saturated heterocycles. The molecule has 1 aliphatic heterocycles. The zero-order valence-electron chi connectivity index (χ0n) is 11.2. The van der Waals surface area contributed by atoms with E-state index in [-0.39, 0.29) is 18.4 Å². The maximum atomic E-state index is 11.7. The molecule has 18 heavy (non-hydrogen) atoms. The highest BCUT2D eigenvalue weighted by Gasteiger charge is 2.24. The predicted octanol–water partition coefficient (Wildman–Crippen LogP) is 2.36. The van der Waals surface area contributed by atoms with Crippen LogP contribution < -0.4 is 0 Å². The molecule has 0 aromatic carbocycles. The number of amides is 1. The molecule has 0 unspecified atom stereocenters. The Morgan fingerprint density at radius 1 is 1.33 bits per heavy atom. The number of hydrogen-bond donors (Lipinski definition) is 1. The topological polar surface area (TPSA) is 66.8 Å². The van der Waals surface area contributed by atoms with E-state index in [2.05, 4.69) is 13.8 Å². The lowest BCUT2D eigenvalue weighted by molar-refractivity contribution is -0.138. The molecule has 0 bridgehead atoms. The summed E-state index contributed by atoms with van der Waals surface area (Å²) in [6.07, 6.45) is 2.33. The largest absolute Gasteiger partial charge is 0.481 e. The van der Waals surface area contributed by atoms with Gasteiger partial charge in [-0.1, -0.05) is 13.8 Å². The summed E-state index contributed by atoms with van der Waals surface area (Å²) in [7, 11) is 0. The Morgan fingerprint density at radius 3 is 2.44 bits per heavy atom. The van der Waals surface area contributed by atoms with E-state index in [0.29, 0.717) is 25.6 Å². The first kappa shape index (κ1) is 14.8. The van der Waals surface area contributed by atoms with Crippen molar-refractivity contribution in [1.29, 1.82) is 0 Å². The first-order valence-electron chi connectivity index (χ1n) is 6.62. The van der Waals surface area contributed by atoms with Crippen LogP contribution in [-0.4, -0.2) is 41.8 Å². The molecule has 0 saturated carbocycles. The lowest BCUT2D eigenvalue weighted by Gasteiger charge is -2.30. The average Bonchev–Trinajstić information content (AvgIpc) is 2.28. The van der Waals surface area contributed by atoms with Gasteiger partial charge in [0.15, 0.2) is 0 Å². The minimum absolute atomic E-state index is 0.196. The average molecular weight is 257 g/mol. The molecule has 0 aromatic heterocycles. The molecule has 1 N–H and O–H groups in total. The van der Waals surface area contributed by atoms with Crippen molar-refractivity contribution in [2.75, 3.05) is 19.7 Å². The number of carbonyl (C=O) groups excluding carboxylic acids is 1. The number of aliphatic carboxylic acids is 1. The van der Waals surface area contributed by atoms with E-state index in [1.807, 2.05) is 0 Å². The van der Waals surface area contributed by atoms with Crippen molar-refractivity contribution in [3.8, 4) is 0 Å². The summed E-state index contributed by atoms with van der Waals surface area (Å²) in [6.45, 7) is 5.86. The summed E-state index contributed by atoms with van der Waals surface area (Å²) in [5, 5.41) is 8.70. The van der Waals surface area contributed by atoms with E-state index < -0.39 is 5.97 Å². The Labute approximate surface area is 108 Å². The number of carboxylic acids is 1. The van der Waals surface area contributed by atoms with Crippen LogP contribution in [0, 0.1) is 11.8 Å². The van der Waals surface area contributed by atoms with Crippen LogP contribution >= 0.6 is 0 Å². The van der Waals surface area contributed by atoms with Gasteiger partial charge < -0.3 is 14.7 Å². The number of piperidine rings is 1. The molecule has 1 aliphatic rings. The number of hydrogen-bond acceptors (Lipinski definition) is 3. The molecule has 0 aliphatic carbocycles. The van der Waals surface area contributed by atoms with E-state index in [1.165, 1.54) is 0 Å². The van der Waals surface area contributed by atoms with E-state index in [0.717, 1.165) is 19.3 Å². The third kappa shape index (κ3) is 5.38. The first-order valence-corrected chi connectivity index (χ1v) is 6.62. The Balaban J connectivity index is 2.21. The number of rotatable bonds is 5. The van der Waals surface area contributed by atoms with Gasteiger partial charge in [-0.15, -0.1) is 0 Å². The molecule has 1 fully saturated rings. The van der Waals surface area contributed by atoms with Crippen LogP contribution in [0.2, 0.25) is 0 Å². The second-order valence-corrected chi connectivity index (χ2v) is 5.33. The molecule has 1 heterocycles. The highest BCUT2D eigenvalue weighted by molar-refractivity contribution is 5.68. The maximum absolute atomic E-state index is 11.7. The quantitative estimate of drug-likeness (QED) is 0.821. The summed E-state index contributed by atoms with van der Waals surface area (Å²) in [6, 6.07) is 0. The van der Waals surface area contributed by atoms with Crippen molar-refractivity contribution in [2.45, 2.75) is 39.5 Å². The van der Waals surface area contributed by atoms with Gasteiger partial charge in [0.25, 0.3) is 0 Å². The molecule has 1 rings (SSSR count). The summed E-state index contributed by atoms with van der Waals surface area (Å²) < 4.78 is 5.18. The second kappa shape index (κ2) is 7.24. The Bertz CT molecular complexity index is 283. The minimum Gasteiger partial charge on any atom is -0.481 e. The van der Waals surface area contributed by atoms with Gasteiger partial charge in [-0.05, 0) is 31.1 Å². The normalized spacial score (nSPS) is 16.9. The highest BCUT2D eigenvalue weighted by atomic mass is 16.6. The third-order valence-electron chi connectivity index (χ3n) is 3.26. The van der Waals surface area contributed by atoms with Gasteiger partial charge in [0.2, 0.25) is 0 Å². The van der Waals surface area contributed by atoms with Crippen molar-refractivity contribution in [2.24, 2.45) is 11.8 Å². The van der Waals surface area contributed by atoms with Crippen LogP contribution in [0.3, 0.4) is 0 Å². The van der Waals surface area contributed by atoms with Gasteiger partial charge in [-0.25, -0.2) is 4.79 Å². The third-order valence-corrected chi connectivity index (χ3v) is 3.26. The molecule has 0 spiro atoms. The fourth-order valence-corrected chi connectivity index (χ4v) is 2.04.